The Morgan fingerprint density at radius 2 is 1.78 bits per heavy atom. The average Bonchev–Trinajstić information content (AvgIpc) is 2.56. The fraction of sp³-hybridized carbons (Fsp3) is 0.389. The Morgan fingerprint density at radius 3 is 2.39 bits per heavy atom. The summed E-state index contributed by atoms with van der Waals surface area (Å²) in [6.45, 7) is 7.08. The molecular weight excluding hydrogens is 356 g/mol. The summed E-state index contributed by atoms with van der Waals surface area (Å²) in [7, 11) is 0. The number of hydrogen-bond acceptors (Lipinski definition) is 4. The van der Waals surface area contributed by atoms with Gasteiger partial charge >= 0.3 is 0 Å². The van der Waals surface area contributed by atoms with Gasteiger partial charge in [-0.2, -0.15) is 0 Å². The van der Waals surface area contributed by atoms with Gasteiger partial charge in [-0.05, 0) is 71.6 Å². The van der Waals surface area contributed by atoms with Gasteiger partial charge in [0, 0.05) is 23.8 Å². The van der Waals surface area contributed by atoms with E-state index in [2.05, 4.69) is 37.9 Å². The number of halogens is 1. The molecule has 3 rings (SSSR count). The van der Waals surface area contributed by atoms with E-state index in [-0.39, 0.29) is 0 Å². The first-order valence-electron chi connectivity index (χ1n) is 7.99. The van der Waals surface area contributed by atoms with E-state index in [9.17, 15) is 0 Å². The van der Waals surface area contributed by atoms with E-state index in [1.165, 1.54) is 11.1 Å². The molecule has 0 spiro atoms. The summed E-state index contributed by atoms with van der Waals surface area (Å²) in [6, 6.07) is 8.33. The highest BCUT2D eigenvalue weighted by atomic mass is 79.9. The second-order valence-corrected chi connectivity index (χ2v) is 6.36. The van der Waals surface area contributed by atoms with E-state index >= 15 is 0 Å². The Balaban J connectivity index is 1.87. The molecule has 0 radical (unpaired) electrons. The molecule has 0 saturated heterocycles. The van der Waals surface area contributed by atoms with Gasteiger partial charge in [0.05, 0.1) is 13.2 Å². The molecule has 1 aromatic heterocycles. The van der Waals surface area contributed by atoms with Crippen LogP contribution in [-0.4, -0.2) is 24.7 Å². The molecule has 0 aliphatic carbocycles. The van der Waals surface area contributed by atoms with Crippen molar-refractivity contribution in [2.45, 2.75) is 26.8 Å². The third kappa shape index (κ3) is 3.61. The van der Waals surface area contributed by atoms with Crippen molar-refractivity contribution in [3.8, 4) is 11.5 Å². The molecule has 2 heterocycles. The molecule has 1 aliphatic rings. The van der Waals surface area contributed by atoms with Crippen LogP contribution in [-0.2, 0) is 13.0 Å². The summed E-state index contributed by atoms with van der Waals surface area (Å²) in [5.74, 6) is 2.69. The van der Waals surface area contributed by atoms with Crippen molar-refractivity contribution in [2.75, 3.05) is 24.7 Å². The van der Waals surface area contributed by atoms with Gasteiger partial charge in [-0.15, -0.1) is 0 Å². The lowest BCUT2D eigenvalue weighted by Gasteiger charge is -2.30. The minimum absolute atomic E-state index is 0.636. The second-order valence-electron chi connectivity index (χ2n) is 5.44. The molecule has 2 aromatic rings. The van der Waals surface area contributed by atoms with Gasteiger partial charge in [-0.1, -0.05) is 0 Å². The zero-order chi connectivity index (χ0) is 16.2. The van der Waals surface area contributed by atoms with E-state index in [1.54, 1.807) is 0 Å². The summed E-state index contributed by atoms with van der Waals surface area (Å²) in [5, 5.41) is 0. The molecule has 1 aromatic carbocycles. The van der Waals surface area contributed by atoms with Crippen LogP contribution in [0.5, 0.6) is 11.5 Å². The third-order valence-corrected chi connectivity index (χ3v) is 4.38. The zero-order valence-electron chi connectivity index (χ0n) is 13.5. The fourth-order valence-electron chi connectivity index (χ4n) is 2.85. The average molecular weight is 377 g/mol. The topological polar surface area (TPSA) is 34.6 Å². The summed E-state index contributed by atoms with van der Waals surface area (Å²) >= 11 is 3.43. The van der Waals surface area contributed by atoms with Crippen molar-refractivity contribution < 1.29 is 9.47 Å². The zero-order valence-corrected chi connectivity index (χ0v) is 15.1. The largest absolute Gasteiger partial charge is 0.490 e. The molecule has 0 atom stereocenters. The lowest BCUT2D eigenvalue weighted by molar-refractivity contribution is 0.287. The van der Waals surface area contributed by atoms with Gasteiger partial charge in [0.15, 0.2) is 11.5 Å². The van der Waals surface area contributed by atoms with E-state index in [4.69, 9.17) is 9.47 Å². The smallest absolute Gasteiger partial charge is 0.161 e. The van der Waals surface area contributed by atoms with Crippen LogP contribution in [0.4, 0.5) is 5.82 Å². The van der Waals surface area contributed by atoms with Gasteiger partial charge in [-0.3, -0.25) is 0 Å². The Labute approximate surface area is 145 Å². The summed E-state index contributed by atoms with van der Waals surface area (Å²) in [4.78, 5) is 6.80. The third-order valence-electron chi connectivity index (χ3n) is 3.91. The van der Waals surface area contributed by atoms with Crippen LogP contribution in [0.25, 0.3) is 0 Å². The number of nitrogens with zero attached hydrogens (tertiary/aromatic N) is 2. The van der Waals surface area contributed by atoms with Gasteiger partial charge in [-0.25, -0.2) is 4.98 Å². The normalized spacial score (nSPS) is 13.6. The van der Waals surface area contributed by atoms with Crippen LogP contribution < -0.4 is 14.4 Å². The molecule has 1 aliphatic heterocycles. The van der Waals surface area contributed by atoms with Crippen molar-refractivity contribution >= 4 is 21.7 Å². The molecule has 0 bridgehead atoms. The molecule has 0 saturated carbocycles. The second kappa shape index (κ2) is 7.21. The highest BCUT2D eigenvalue weighted by Gasteiger charge is 2.20. The Hall–Kier alpha value is -1.75. The van der Waals surface area contributed by atoms with E-state index < -0.39 is 0 Å². The highest BCUT2D eigenvalue weighted by Crippen LogP contribution is 2.34. The summed E-state index contributed by atoms with van der Waals surface area (Å²) < 4.78 is 12.5. The SMILES string of the molecule is CCOc1cc2c(cc1OCC)CN(c1ccc(Br)cn1)CC2. The first-order chi connectivity index (χ1) is 11.2. The molecule has 0 fully saturated rings. The number of hydrogen-bond donors (Lipinski definition) is 0. The first kappa shape index (κ1) is 16.1. The van der Waals surface area contributed by atoms with Gasteiger partial charge < -0.3 is 14.4 Å². The lowest BCUT2D eigenvalue weighted by Crippen LogP contribution is -2.31. The van der Waals surface area contributed by atoms with E-state index in [1.807, 2.05) is 32.2 Å². The monoisotopic (exact) mass is 376 g/mol. The quantitative estimate of drug-likeness (QED) is 0.782. The number of benzene rings is 1. The Bertz CT molecular complexity index is 673. The fourth-order valence-corrected chi connectivity index (χ4v) is 3.09. The van der Waals surface area contributed by atoms with Crippen LogP contribution in [0.15, 0.2) is 34.9 Å². The number of rotatable bonds is 5. The maximum Gasteiger partial charge on any atom is 0.161 e. The number of pyridine rings is 1. The molecular formula is C18H21BrN2O2. The molecule has 0 unspecified atom stereocenters. The van der Waals surface area contributed by atoms with E-state index in [0.717, 1.165) is 41.3 Å². The predicted molar refractivity (Wildman–Crippen MR) is 95.5 cm³/mol. The van der Waals surface area contributed by atoms with Gasteiger partial charge in [0.1, 0.15) is 5.82 Å². The van der Waals surface area contributed by atoms with Gasteiger partial charge in [0.25, 0.3) is 0 Å². The van der Waals surface area contributed by atoms with Crippen molar-refractivity contribution in [2.24, 2.45) is 0 Å². The predicted octanol–water partition coefficient (Wildman–Crippen LogP) is 4.20. The van der Waals surface area contributed by atoms with Crippen LogP contribution in [0.1, 0.15) is 25.0 Å². The lowest BCUT2D eigenvalue weighted by atomic mass is 9.98. The molecule has 23 heavy (non-hydrogen) atoms. The minimum Gasteiger partial charge on any atom is -0.490 e. The van der Waals surface area contributed by atoms with Crippen molar-refractivity contribution in [1.29, 1.82) is 0 Å². The van der Waals surface area contributed by atoms with Gasteiger partial charge in [0.2, 0.25) is 0 Å². The van der Waals surface area contributed by atoms with Crippen molar-refractivity contribution in [3.63, 3.8) is 0 Å². The molecule has 5 heteroatoms. The molecule has 122 valence electrons. The van der Waals surface area contributed by atoms with Crippen LogP contribution in [0.2, 0.25) is 0 Å². The summed E-state index contributed by atoms with van der Waals surface area (Å²) in [5.41, 5.74) is 2.62. The number of anilines is 1. The minimum atomic E-state index is 0.636. The van der Waals surface area contributed by atoms with Crippen LogP contribution in [0, 0.1) is 0 Å². The summed E-state index contributed by atoms with van der Waals surface area (Å²) in [6.07, 6.45) is 2.83. The standard InChI is InChI=1S/C18H21BrN2O2/c1-3-22-16-9-13-7-8-21(18-6-5-15(19)11-20-18)12-14(13)10-17(16)23-4-2/h5-6,9-11H,3-4,7-8,12H2,1-2H3. The molecule has 0 N–H and O–H groups in total. The number of ether oxygens (including phenoxy) is 2. The van der Waals surface area contributed by atoms with E-state index in [0.29, 0.717) is 13.2 Å². The van der Waals surface area contributed by atoms with Crippen LogP contribution in [0.3, 0.4) is 0 Å². The Kier molecular flexibility index (Phi) is 5.06. The van der Waals surface area contributed by atoms with Crippen LogP contribution >= 0.6 is 15.9 Å². The number of aromatic nitrogens is 1. The molecule has 0 amide bonds. The molecule has 4 nitrogen and oxygen atoms in total. The highest BCUT2D eigenvalue weighted by molar-refractivity contribution is 9.10. The first-order valence-corrected chi connectivity index (χ1v) is 8.78. The van der Waals surface area contributed by atoms with Crippen molar-refractivity contribution in [1.82, 2.24) is 4.98 Å². The Morgan fingerprint density at radius 1 is 1.09 bits per heavy atom. The maximum atomic E-state index is 5.75. The maximum absolute atomic E-state index is 5.75. The number of fused-ring (bicyclic) bond motifs is 1. The van der Waals surface area contributed by atoms with Crippen molar-refractivity contribution in [3.05, 3.63) is 46.1 Å².